The molecule has 0 bridgehead atoms. The van der Waals surface area contributed by atoms with Crippen LogP contribution in [0.25, 0.3) is 0 Å². The number of hydrogen-bond donors (Lipinski definition) is 0. The van der Waals surface area contributed by atoms with Gasteiger partial charge in [0.05, 0.1) is 13.7 Å². The van der Waals surface area contributed by atoms with E-state index >= 15 is 0 Å². The second-order valence-electron chi connectivity index (χ2n) is 6.43. The van der Waals surface area contributed by atoms with Gasteiger partial charge in [0.25, 0.3) is 0 Å². The molecule has 132 valence electrons. The van der Waals surface area contributed by atoms with Crippen molar-refractivity contribution >= 4 is 23.7 Å². The van der Waals surface area contributed by atoms with Crippen LogP contribution in [0.1, 0.15) is 37.6 Å². The summed E-state index contributed by atoms with van der Waals surface area (Å²) in [6, 6.07) is 2.99. The van der Waals surface area contributed by atoms with Crippen LogP contribution in [0.4, 0.5) is 4.79 Å². The lowest BCUT2D eigenvalue weighted by atomic mass is 10.2. The lowest BCUT2D eigenvalue weighted by Crippen LogP contribution is -2.36. The van der Waals surface area contributed by atoms with Crippen molar-refractivity contribution in [3.63, 3.8) is 0 Å². The molecule has 1 fully saturated rings. The predicted octanol–water partition coefficient (Wildman–Crippen LogP) is 2.91. The Hall–Kier alpha value is -2.02. The van der Waals surface area contributed by atoms with Crippen molar-refractivity contribution < 1.29 is 23.8 Å². The molecule has 1 atom stereocenters. The fourth-order valence-corrected chi connectivity index (χ4v) is 2.39. The summed E-state index contributed by atoms with van der Waals surface area (Å²) < 4.78 is 15.8. The molecule has 2 heterocycles. The molecule has 0 aromatic carbocycles. The smallest absolute Gasteiger partial charge is 0.410 e. The molecule has 7 nitrogen and oxygen atoms in total. The highest BCUT2D eigenvalue weighted by molar-refractivity contribution is 6.29. The van der Waals surface area contributed by atoms with Gasteiger partial charge in [0.15, 0.2) is 0 Å². The monoisotopic (exact) mass is 356 g/mol. The summed E-state index contributed by atoms with van der Waals surface area (Å²) in [7, 11) is 1.28. The molecule has 1 saturated heterocycles. The van der Waals surface area contributed by atoms with Gasteiger partial charge in [-0.05, 0) is 32.9 Å². The minimum absolute atomic E-state index is 0.102. The van der Waals surface area contributed by atoms with Gasteiger partial charge in [-0.2, -0.15) is 0 Å². The number of carbonyl (C=O) groups is 2. The maximum Gasteiger partial charge on any atom is 0.410 e. The van der Waals surface area contributed by atoms with E-state index < -0.39 is 11.6 Å². The van der Waals surface area contributed by atoms with E-state index in [1.54, 1.807) is 4.90 Å². The van der Waals surface area contributed by atoms with Crippen molar-refractivity contribution in [3.8, 4) is 5.88 Å². The molecule has 1 amide bonds. The standard InChI is InChI=1S/C16H21ClN2O5/c1-16(2,3)24-15(21)19-8-7-10(9-19)23-13-11(14(20)22-4)5-6-12(17)18-13/h5-6,10H,7-9H2,1-4H3. The maximum absolute atomic E-state index is 12.1. The third kappa shape index (κ3) is 4.74. The summed E-state index contributed by atoms with van der Waals surface area (Å²) in [6.07, 6.45) is -0.0821. The summed E-state index contributed by atoms with van der Waals surface area (Å²) in [4.78, 5) is 29.5. The lowest BCUT2D eigenvalue weighted by Gasteiger charge is -2.24. The Morgan fingerprint density at radius 1 is 1.33 bits per heavy atom. The molecular weight excluding hydrogens is 336 g/mol. The third-order valence-corrected chi connectivity index (χ3v) is 3.52. The Balaban J connectivity index is 2.04. The zero-order valence-electron chi connectivity index (χ0n) is 14.2. The minimum Gasteiger partial charge on any atom is -0.472 e. The van der Waals surface area contributed by atoms with E-state index in [-0.39, 0.29) is 28.8 Å². The van der Waals surface area contributed by atoms with E-state index in [4.69, 9.17) is 25.8 Å². The van der Waals surface area contributed by atoms with Gasteiger partial charge >= 0.3 is 12.1 Å². The van der Waals surface area contributed by atoms with E-state index in [1.807, 2.05) is 20.8 Å². The Labute approximate surface area is 145 Å². The van der Waals surface area contributed by atoms with E-state index in [9.17, 15) is 9.59 Å². The SMILES string of the molecule is COC(=O)c1ccc(Cl)nc1OC1CCN(C(=O)OC(C)(C)C)C1. The Bertz CT molecular complexity index is 629. The van der Waals surface area contributed by atoms with Gasteiger partial charge in [-0.3, -0.25) is 0 Å². The second-order valence-corrected chi connectivity index (χ2v) is 6.82. The van der Waals surface area contributed by atoms with E-state index in [0.29, 0.717) is 19.5 Å². The number of pyridine rings is 1. The van der Waals surface area contributed by atoms with Crippen LogP contribution < -0.4 is 4.74 Å². The summed E-state index contributed by atoms with van der Waals surface area (Å²) in [5.41, 5.74) is -0.361. The van der Waals surface area contributed by atoms with Gasteiger partial charge in [-0.15, -0.1) is 0 Å². The average Bonchev–Trinajstić information content (AvgIpc) is 2.93. The van der Waals surface area contributed by atoms with Gasteiger partial charge in [-0.1, -0.05) is 11.6 Å². The molecule has 0 saturated carbocycles. The quantitative estimate of drug-likeness (QED) is 0.612. The number of amides is 1. The van der Waals surface area contributed by atoms with Crippen LogP contribution in [-0.4, -0.2) is 53.9 Å². The van der Waals surface area contributed by atoms with Gasteiger partial charge < -0.3 is 19.1 Å². The first-order valence-electron chi connectivity index (χ1n) is 7.59. The maximum atomic E-state index is 12.1. The molecule has 24 heavy (non-hydrogen) atoms. The first-order chi connectivity index (χ1) is 11.2. The largest absolute Gasteiger partial charge is 0.472 e. The number of carbonyl (C=O) groups excluding carboxylic acids is 2. The van der Waals surface area contributed by atoms with Crippen LogP contribution >= 0.6 is 11.6 Å². The van der Waals surface area contributed by atoms with Crippen molar-refractivity contribution in [1.82, 2.24) is 9.88 Å². The number of halogens is 1. The molecule has 8 heteroatoms. The molecule has 1 aliphatic heterocycles. The molecule has 0 aliphatic carbocycles. The van der Waals surface area contributed by atoms with Crippen LogP contribution in [0.15, 0.2) is 12.1 Å². The Morgan fingerprint density at radius 2 is 2.04 bits per heavy atom. The number of nitrogens with zero attached hydrogens (tertiary/aromatic N) is 2. The molecule has 1 aromatic heterocycles. The van der Waals surface area contributed by atoms with Crippen LogP contribution in [0.5, 0.6) is 5.88 Å². The zero-order chi connectivity index (χ0) is 17.9. The summed E-state index contributed by atoms with van der Waals surface area (Å²) >= 11 is 5.87. The minimum atomic E-state index is -0.559. The number of aromatic nitrogens is 1. The third-order valence-electron chi connectivity index (χ3n) is 3.31. The molecule has 1 aliphatic rings. The van der Waals surface area contributed by atoms with Crippen molar-refractivity contribution in [2.24, 2.45) is 0 Å². The number of methoxy groups -OCH3 is 1. The molecule has 0 radical (unpaired) electrons. The van der Waals surface area contributed by atoms with Gasteiger partial charge in [0.1, 0.15) is 22.4 Å². The van der Waals surface area contributed by atoms with Crippen molar-refractivity contribution in [1.29, 1.82) is 0 Å². The highest BCUT2D eigenvalue weighted by Gasteiger charge is 2.32. The number of ether oxygens (including phenoxy) is 3. The molecule has 0 N–H and O–H groups in total. The second kappa shape index (κ2) is 7.25. The molecule has 1 unspecified atom stereocenters. The molecular formula is C16H21ClN2O5. The fourth-order valence-electron chi connectivity index (χ4n) is 2.25. The molecule has 1 aromatic rings. The highest BCUT2D eigenvalue weighted by atomic mass is 35.5. The van der Waals surface area contributed by atoms with Crippen LogP contribution in [0.3, 0.4) is 0 Å². The zero-order valence-corrected chi connectivity index (χ0v) is 14.9. The number of hydrogen-bond acceptors (Lipinski definition) is 6. The van der Waals surface area contributed by atoms with Gasteiger partial charge in [0, 0.05) is 13.0 Å². The van der Waals surface area contributed by atoms with Crippen molar-refractivity contribution in [2.45, 2.75) is 38.9 Å². The van der Waals surface area contributed by atoms with Crippen LogP contribution in [0, 0.1) is 0 Å². The van der Waals surface area contributed by atoms with Crippen LogP contribution in [0.2, 0.25) is 5.15 Å². The average molecular weight is 357 g/mol. The molecule has 0 spiro atoms. The van der Waals surface area contributed by atoms with Crippen molar-refractivity contribution in [3.05, 3.63) is 22.8 Å². The fraction of sp³-hybridized carbons (Fsp3) is 0.562. The number of rotatable bonds is 3. The Morgan fingerprint density at radius 3 is 2.67 bits per heavy atom. The van der Waals surface area contributed by atoms with E-state index in [0.717, 1.165) is 0 Å². The van der Waals surface area contributed by atoms with Crippen LogP contribution in [-0.2, 0) is 9.47 Å². The van der Waals surface area contributed by atoms with Gasteiger partial charge in [-0.25, -0.2) is 14.6 Å². The lowest BCUT2D eigenvalue weighted by molar-refractivity contribution is 0.0273. The van der Waals surface area contributed by atoms with Gasteiger partial charge in [0.2, 0.25) is 5.88 Å². The topological polar surface area (TPSA) is 78.0 Å². The number of likely N-dealkylation sites (tertiary alicyclic amines) is 1. The summed E-state index contributed by atoms with van der Waals surface area (Å²) in [5.74, 6) is -0.457. The van der Waals surface area contributed by atoms with E-state index in [2.05, 4.69) is 4.98 Å². The normalized spacial score (nSPS) is 17.5. The van der Waals surface area contributed by atoms with Crippen molar-refractivity contribution in [2.75, 3.05) is 20.2 Å². The van der Waals surface area contributed by atoms with E-state index in [1.165, 1.54) is 19.2 Å². The molecule has 2 rings (SSSR count). The highest BCUT2D eigenvalue weighted by Crippen LogP contribution is 2.24. The summed E-state index contributed by atoms with van der Waals surface area (Å²) in [5, 5.41) is 0.208. The predicted molar refractivity (Wildman–Crippen MR) is 87.4 cm³/mol. The first kappa shape index (κ1) is 18.3. The number of esters is 1. The first-order valence-corrected chi connectivity index (χ1v) is 7.97. The Kier molecular flexibility index (Phi) is 5.54. The summed E-state index contributed by atoms with van der Waals surface area (Å²) in [6.45, 7) is 6.30.